The zero-order chi connectivity index (χ0) is 26.0. The minimum atomic E-state index is -0.965. The van der Waals surface area contributed by atoms with Crippen LogP contribution < -0.4 is 21.4 Å². The van der Waals surface area contributed by atoms with Crippen LogP contribution in [0.3, 0.4) is 0 Å². The number of carbonyl (C=O) groups excluding carboxylic acids is 4. The Kier molecular flexibility index (Phi) is 10.7. The van der Waals surface area contributed by atoms with Crippen LogP contribution in [0.25, 0.3) is 10.8 Å². The van der Waals surface area contributed by atoms with Crippen molar-refractivity contribution in [2.75, 3.05) is 6.54 Å². The Balaban J connectivity index is 2.27. The molecular formula is C26H36N4O5. The van der Waals surface area contributed by atoms with E-state index in [1.54, 1.807) is 19.3 Å². The quantitative estimate of drug-likeness (QED) is 0.232. The summed E-state index contributed by atoms with van der Waals surface area (Å²) in [4.78, 5) is 50.2. The number of hydrogen-bond donors (Lipinski definition) is 5. The standard InChI is InChI=1S/C26H36N4O5/c1-5-27-24(32)17(4)28-26(34)22(14-18-10-11-19-8-6-7-9-20(19)13-18)29-25(33)21(12-16(2)3)15-23(31)30-35/h6-11,13,16-17,21-22,35H,5,12,14-15H2,1-4H3,(H,27,32)(H,28,34)(H,29,33)(H,30,31)/t17-,21?,22-/m0/s1. The molecule has 2 rings (SSSR count). The number of fused-ring (bicyclic) bond motifs is 1. The smallest absolute Gasteiger partial charge is 0.244 e. The van der Waals surface area contributed by atoms with Crippen molar-refractivity contribution in [3.05, 3.63) is 48.0 Å². The van der Waals surface area contributed by atoms with Crippen molar-refractivity contribution in [1.82, 2.24) is 21.4 Å². The number of hydroxylamine groups is 1. The molecular weight excluding hydrogens is 448 g/mol. The third-order valence-corrected chi connectivity index (χ3v) is 5.67. The van der Waals surface area contributed by atoms with Crippen LogP contribution in [0.15, 0.2) is 42.5 Å². The Labute approximate surface area is 206 Å². The molecule has 0 aromatic heterocycles. The maximum Gasteiger partial charge on any atom is 0.244 e. The average molecular weight is 485 g/mol. The van der Waals surface area contributed by atoms with E-state index in [1.807, 2.05) is 56.3 Å². The van der Waals surface area contributed by atoms with Crippen molar-refractivity contribution < 1.29 is 24.4 Å². The molecule has 35 heavy (non-hydrogen) atoms. The zero-order valence-electron chi connectivity index (χ0n) is 20.8. The van der Waals surface area contributed by atoms with Crippen LogP contribution in [-0.2, 0) is 25.6 Å². The lowest BCUT2D eigenvalue weighted by Gasteiger charge is -2.24. The maximum atomic E-state index is 13.2. The van der Waals surface area contributed by atoms with Gasteiger partial charge in [0.25, 0.3) is 0 Å². The van der Waals surface area contributed by atoms with Crippen molar-refractivity contribution >= 4 is 34.4 Å². The highest BCUT2D eigenvalue weighted by Crippen LogP contribution is 2.19. The summed E-state index contributed by atoms with van der Waals surface area (Å²) < 4.78 is 0. The van der Waals surface area contributed by atoms with Crippen LogP contribution >= 0.6 is 0 Å². The van der Waals surface area contributed by atoms with Gasteiger partial charge in [0.05, 0.1) is 0 Å². The second-order valence-electron chi connectivity index (χ2n) is 9.14. The first-order valence-corrected chi connectivity index (χ1v) is 11.9. The van der Waals surface area contributed by atoms with E-state index in [4.69, 9.17) is 5.21 Å². The molecule has 1 unspecified atom stereocenters. The van der Waals surface area contributed by atoms with Gasteiger partial charge in [-0.3, -0.25) is 24.4 Å². The van der Waals surface area contributed by atoms with Gasteiger partial charge in [-0.2, -0.15) is 0 Å². The largest absolute Gasteiger partial charge is 0.355 e. The second-order valence-corrected chi connectivity index (χ2v) is 9.14. The molecule has 2 aromatic carbocycles. The molecule has 0 spiro atoms. The fourth-order valence-corrected chi connectivity index (χ4v) is 3.93. The lowest BCUT2D eigenvalue weighted by atomic mass is 9.92. The summed E-state index contributed by atoms with van der Waals surface area (Å²) in [6, 6.07) is 11.9. The number of rotatable bonds is 12. The summed E-state index contributed by atoms with van der Waals surface area (Å²) in [5.74, 6) is -2.58. The van der Waals surface area contributed by atoms with Gasteiger partial charge in [-0.15, -0.1) is 0 Å². The SMILES string of the molecule is CCNC(=O)[C@H](C)NC(=O)[C@H](Cc1ccc2ccccc2c1)NC(=O)C(CC(=O)NO)CC(C)C. The van der Waals surface area contributed by atoms with Gasteiger partial charge in [-0.1, -0.05) is 56.3 Å². The maximum absolute atomic E-state index is 13.2. The van der Waals surface area contributed by atoms with E-state index >= 15 is 0 Å². The van der Waals surface area contributed by atoms with Gasteiger partial charge in [0.1, 0.15) is 12.1 Å². The summed E-state index contributed by atoms with van der Waals surface area (Å²) in [6.07, 6.45) is 0.393. The van der Waals surface area contributed by atoms with Crippen LogP contribution in [0.1, 0.15) is 46.1 Å². The third-order valence-electron chi connectivity index (χ3n) is 5.67. The van der Waals surface area contributed by atoms with Crippen LogP contribution in [0, 0.1) is 11.8 Å². The zero-order valence-corrected chi connectivity index (χ0v) is 20.8. The summed E-state index contributed by atoms with van der Waals surface area (Å²) in [6.45, 7) is 7.63. The molecule has 5 N–H and O–H groups in total. The van der Waals surface area contributed by atoms with Crippen LogP contribution in [-0.4, -0.2) is 47.5 Å². The molecule has 3 atom stereocenters. The first-order valence-electron chi connectivity index (χ1n) is 11.9. The van der Waals surface area contributed by atoms with Gasteiger partial charge in [-0.05, 0) is 42.5 Å². The van der Waals surface area contributed by atoms with Gasteiger partial charge in [0.15, 0.2) is 0 Å². The van der Waals surface area contributed by atoms with E-state index < -0.39 is 35.7 Å². The van der Waals surface area contributed by atoms with Crippen molar-refractivity contribution in [3.8, 4) is 0 Å². The summed E-state index contributed by atoms with van der Waals surface area (Å²) in [5, 5.41) is 19.1. The fourth-order valence-electron chi connectivity index (χ4n) is 3.93. The molecule has 0 saturated heterocycles. The van der Waals surface area contributed by atoms with Gasteiger partial charge in [-0.25, -0.2) is 5.48 Å². The molecule has 4 amide bonds. The van der Waals surface area contributed by atoms with E-state index in [9.17, 15) is 19.2 Å². The molecule has 0 aliphatic rings. The predicted molar refractivity (Wildman–Crippen MR) is 133 cm³/mol. The minimum absolute atomic E-state index is 0.114. The van der Waals surface area contributed by atoms with Crippen molar-refractivity contribution in [1.29, 1.82) is 0 Å². The highest BCUT2D eigenvalue weighted by Gasteiger charge is 2.29. The van der Waals surface area contributed by atoms with Crippen LogP contribution in [0.4, 0.5) is 0 Å². The molecule has 0 bridgehead atoms. The van der Waals surface area contributed by atoms with E-state index in [1.165, 1.54) is 0 Å². The summed E-state index contributed by atoms with van der Waals surface area (Å²) >= 11 is 0. The molecule has 0 aliphatic carbocycles. The Hall–Kier alpha value is -3.46. The Morgan fingerprint density at radius 1 is 0.886 bits per heavy atom. The topological polar surface area (TPSA) is 137 Å². The molecule has 190 valence electrons. The Morgan fingerprint density at radius 2 is 1.57 bits per heavy atom. The second kappa shape index (κ2) is 13.4. The number of likely N-dealkylation sites (N-methyl/N-ethyl adjacent to an activating group) is 1. The van der Waals surface area contributed by atoms with E-state index in [-0.39, 0.29) is 24.7 Å². The van der Waals surface area contributed by atoms with Gasteiger partial charge in [0, 0.05) is 25.3 Å². The highest BCUT2D eigenvalue weighted by atomic mass is 16.5. The number of carbonyl (C=O) groups is 4. The van der Waals surface area contributed by atoms with Crippen molar-refractivity contribution in [2.24, 2.45) is 11.8 Å². The molecule has 2 aromatic rings. The lowest BCUT2D eigenvalue weighted by Crippen LogP contribution is -2.54. The van der Waals surface area contributed by atoms with Crippen LogP contribution in [0.5, 0.6) is 0 Å². The lowest BCUT2D eigenvalue weighted by molar-refractivity contribution is -0.137. The molecule has 0 saturated carbocycles. The summed E-state index contributed by atoms with van der Waals surface area (Å²) in [7, 11) is 0. The molecule has 0 heterocycles. The molecule has 0 aliphatic heterocycles. The monoisotopic (exact) mass is 484 g/mol. The number of amides is 4. The predicted octanol–water partition coefficient (Wildman–Crippen LogP) is 2.07. The van der Waals surface area contributed by atoms with Crippen molar-refractivity contribution in [2.45, 2.75) is 59.0 Å². The van der Waals surface area contributed by atoms with Crippen molar-refractivity contribution in [3.63, 3.8) is 0 Å². The van der Waals surface area contributed by atoms with E-state index in [2.05, 4.69) is 16.0 Å². The Bertz CT molecular complexity index is 1040. The fraction of sp³-hybridized carbons (Fsp3) is 0.462. The van der Waals surface area contributed by atoms with E-state index in [0.717, 1.165) is 16.3 Å². The number of hydrogen-bond acceptors (Lipinski definition) is 5. The van der Waals surface area contributed by atoms with Gasteiger partial charge in [0.2, 0.25) is 23.6 Å². The highest BCUT2D eigenvalue weighted by molar-refractivity contribution is 5.93. The molecule has 0 radical (unpaired) electrons. The van der Waals surface area contributed by atoms with Gasteiger partial charge < -0.3 is 16.0 Å². The third kappa shape index (κ3) is 8.68. The summed E-state index contributed by atoms with van der Waals surface area (Å²) in [5.41, 5.74) is 2.40. The minimum Gasteiger partial charge on any atom is -0.355 e. The van der Waals surface area contributed by atoms with Crippen LogP contribution in [0.2, 0.25) is 0 Å². The number of nitrogens with one attached hydrogen (secondary N) is 4. The first-order chi connectivity index (χ1) is 16.6. The molecule has 0 fully saturated rings. The normalized spacial score (nSPS) is 13.5. The number of benzene rings is 2. The van der Waals surface area contributed by atoms with E-state index in [0.29, 0.717) is 13.0 Å². The first kappa shape index (κ1) is 27.8. The molecule has 9 heteroatoms. The average Bonchev–Trinajstić information content (AvgIpc) is 2.82. The van der Waals surface area contributed by atoms with Gasteiger partial charge >= 0.3 is 0 Å². The molecule has 9 nitrogen and oxygen atoms in total. The Morgan fingerprint density at radius 3 is 2.20 bits per heavy atom.